The van der Waals surface area contributed by atoms with Gasteiger partial charge in [-0.3, -0.25) is 0 Å². The highest BCUT2D eigenvalue weighted by Crippen LogP contribution is 2.26. The zero-order valence-electron chi connectivity index (χ0n) is 10.1. The summed E-state index contributed by atoms with van der Waals surface area (Å²) in [6, 6.07) is 0. The molecule has 2 nitrogen and oxygen atoms in total. The predicted molar refractivity (Wildman–Crippen MR) is 60.5 cm³/mol. The first-order chi connectivity index (χ1) is 6.55. The maximum atomic E-state index is 5.44. The Labute approximate surface area is 88.4 Å². The van der Waals surface area contributed by atoms with Crippen LogP contribution in [0.25, 0.3) is 0 Å². The summed E-state index contributed by atoms with van der Waals surface area (Å²) in [5.74, 6) is 1.72. The standard InChI is InChI=1S/C12H25NO/c1-10-6-8-13-9-11(10)5-7-12(2,3)14-4/h10-11,13H,5-9H2,1-4H3. The van der Waals surface area contributed by atoms with Gasteiger partial charge in [0.2, 0.25) is 0 Å². The van der Waals surface area contributed by atoms with Crippen LogP contribution in [0.1, 0.15) is 40.0 Å². The van der Waals surface area contributed by atoms with Crippen LogP contribution in [0.2, 0.25) is 0 Å². The Bertz CT molecular complexity index is 168. The molecule has 0 aromatic rings. The molecule has 0 spiro atoms. The van der Waals surface area contributed by atoms with Gasteiger partial charge in [-0.25, -0.2) is 0 Å². The minimum absolute atomic E-state index is 0.0527. The third-order valence-electron chi connectivity index (χ3n) is 3.66. The number of nitrogens with one attached hydrogen (secondary N) is 1. The van der Waals surface area contributed by atoms with Crippen molar-refractivity contribution < 1.29 is 4.74 Å². The molecule has 1 saturated heterocycles. The van der Waals surface area contributed by atoms with Gasteiger partial charge >= 0.3 is 0 Å². The SMILES string of the molecule is COC(C)(C)CCC1CNCCC1C. The molecule has 0 bridgehead atoms. The Hall–Kier alpha value is -0.0800. The van der Waals surface area contributed by atoms with Crippen LogP contribution in [-0.4, -0.2) is 25.8 Å². The van der Waals surface area contributed by atoms with Gasteiger partial charge in [0.15, 0.2) is 0 Å². The van der Waals surface area contributed by atoms with Crippen molar-refractivity contribution in [2.24, 2.45) is 11.8 Å². The Morgan fingerprint density at radius 3 is 2.71 bits per heavy atom. The fourth-order valence-corrected chi connectivity index (χ4v) is 2.08. The third kappa shape index (κ3) is 3.58. The minimum atomic E-state index is 0.0527. The maximum Gasteiger partial charge on any atom is 0.0622 e. The molecular formula is C12H25NO. The molecule has 1 fully saturated rings. The van der Waals surface area contributed by atoms with Gasteiger partial charge in [-0.15, -0.1) is 0 Å². The van der Waals surface area contributed by atoms with E-state index in [1.165, 1.54) is 32.4 Å². The predicted octanol–water partition coefficient (Wildman–Crippen LogP) is 2.44. The second-order valence-electron chi connectivity index (χ2n) is 5.23. The molecule has 84 valence electrons. The molecule has 2 heteroatoms. The van der Waals surface area contributed by atoms with Gasteiger partial charge in [0.1, 0.15) is 0 Å². The number of methoxy groups -OCH3 is 1. The molecule has 1 heterocycles. The summed E-state index contributed by atoms with van der Waals surface area (Å²) in [5.41, 5.74) is 0.0527. The molecule has 2 unspecified atom stereocenters. The molecule has 1 rings (SSSR count). The van der Waals surface area contributed by atoms with Crippen molar-refractivity contribution in [3.8, 4) is 0 Å². The average molecular weight is 199 g/mol. The number of hydrogen-bond donors (Lipinski definition) is 1. The Morgan fingerprint density at radius 2 is 2.14 bits per heavy atom. The molecule has 2 atom stereocenters. The third-order valence-corrected chi connectivity index (χ3v) is 3.66. The van der Waals surface area contributed by atoms with Crippen LogP contribution in [-0.2, 0) is 4.74 Å². The van der Waals surface area contributed by atoms with Crippen molar-refractivity contribution in [1.82, 2.24) is 5.32 Å². The highest BCUT2D eigenvalue weighted by Gasteiger charge is 2.24. The van der Waals surface area contributed by atoms with E-state index in [9.17, 15) is 0 Å². The zero-order valence-corrected chi connectivity index (χ0v) is 10.1. The van der Waals surface area contributed by atoms with Crippen molar-refractivity contribution in [3.63, 3.8) is 0 Å². The van der Waals surface area contributed by atoms with Crippen LogP contribution < -0.4 is 5.32 Å². The second-order valence-corrected chi connectivity index (χ2v) is 5.23. The molecule has 0 radical (unpaired) electrons. The molecular weight excluding hydrogens is 174 g/mol. The molecule has 1 aliphatic rings. The maximum absolute atomic E-state index is 5.44. The molecule has 0 saturated carbocycles. The minimum Gasteiger partial charge on any atom is -0.379 e. The van der Waals surface area contributed by atoms with Crippen LogP contribution in [0.3, 0.4) is 0 Å². The zero-order chi connectivity index (χ0) is 10.6. The van der Waals surface area contributed by atoms with Crippen molar-refractivity contribution >= 4 is 0 Å². The summed E-state index contributed by atoms with van der Waals surface area (Å²) in [6.45, 7) is 9.12. The summed E-state index contributed by atoms with van der Waals surface area (Å²) >= 11 is 0. The van der Waals surface area contributed by atoms with E-state index < -0.39 is 0 Å². The summed E-state index contributed by atoms with van der Waals surface area (Å²) < 4.78 is 5.44. The number of hydrogen-bond acceptors (Lipinski definition) is 2. The monoisotopic (exact) mass is 199 g/mol. The van der Waals surface area contributed by atoms with Gasteiger partial charge in [-0.1, -0.05) is 6.92 Å². The fraction of sp³-hybridized carbons (Fsp3) is 1.00. The quantitative estimate of drug-likeness (QED) is 0.751. The number of ether oxygens (including phenoxy) is 1. The highest BCUT2D eigenvalue weighted by molar-refractivity contribution is 4.78. The van der Waals surface area contributed by atoms with Crippen molar-refractivity contribution in [2.75, 3.05) is 20.2 Å². The second kappa shape index (κ2) is 5.13. The van der Waals surface area contributed by atoms with Crippen molar-refractivity contribution in [1.29, 1.82) is 0 Å². The fourth-order valence-electron chi connectivity index (χ4n) is 2.08. The Morgan fingerprint density at radius 1 is 1.43 bits per heavy atom. The van der Waals surface area contributed by atoms with E-state index in [1.54, 1.807) is 0 Å². The lowest BCUT2D eigenvalue weighted by atomic mass is 9.82. The van der Waals surface area contributed by atoms with Crippen LogP contribution in [0.4, 0.5) is 0 Å². The van der Waals surface area contributed by atoms with Crippen LogP contribution in [0.5, 0.6) is 0 Å². The first kappa shape index (κ1) is 12.0. The van der Waals surface area contributed by atoms with E-state index in [1.807, 2.05) is 7.11 Å². The van der Waals surface area contributed by atoms with E-state index in [0.717, 1.165) is 11.8 Å². The van der Waals surface area contributed by atoms with Crippen LogP contribution in [0, 0.1) is 11.8 Å². The van der Waals surface area contributed by atoms with Gasteiger partial charge < -0.3 is 10.1 Å². The van der Waals surface area contributed by atoms with Gasteiger partial charge in [-0.05, 0) is 58.0 Å². The van der Waals surface area contributed by atoms with Gasteiger partial charge in [0.25, 0.3) is 0 Å². The molecule has 0 amide bonds. The Kier molecular flexibility index (Phi) is 4.39. The van der Waals surface area contributed by atoms with Crippen LogP contribution >= 0.6 is 0 Å². The average Bonchev–Trinajstić information content (AvgIpc) is 2.17. The molecule has 1 aliphatic heterocycles. The lowest BCUT2D eigenvalue weighted by Crippen LogP contribution is -2.36. The Balaban J connectivity index is 2.29. The summed E-state index contributed by atoms with van der Waals surface area (Å²) in [4.78, 5) is 0. The first-order valence-corrected chi connectivity index (χ1v) is 5.81. The molecule has 0 aliphatic carbocycles. The largest absolute Gasteiger partial charge is 0.379 e. The van der Waals surface area contributed by atoms with E-state index >= 15 is 0 Å². The number of rotatable bonds is 4. The van der Waals surface area contributed by atoms with E-state index in [0.29, 0.717) is 0 Å². The number of piperidine rings is 1. The van der Waals surface area contributed by atoms with Crippen molar-refractivity contribution in [3.05, 3.63) is 0 Å². The van der Waals surface area contributed by atoms with Crippen LogP contribution in [0.15, 0.2) is 0 Å². The van der Waals surface area contributed by atoms with E-state index in [2.05, 4.69) is 26.1 Å². The molecule has 0 aromatic heterocycles. The topological polar surface area (TPSA) is 21.3 Å². The van der Waals surface area contributed by atoms with Gasteiger partial charge in [0, 0.05) is 7.11 Å². The van der Waals surface area contributed by atoms with Gasteiger partial charge in [0.05, 0.1) is 5.60 Å². The summed E-state index contributed by atoms with van der Waals surface area (Å²) in [7, 11) is 1.81. The lowest BCUT2D eigenvalue weighted by Gasteiger charge is -2.32. The summed E-state index contributed by atoms with van der Waals surface area (Å²) in [5, 5.41) is 3.48. The highest BCUT2D eigenvalue weighted by atomic mass is 16.5. The molecule has 1 N–H and O–H groups in total. The normalized spacial score (nSPS) is 29.1. The molecule has 0 aromatic carbocycles. The first-order valence-electron chi connectivity index (χ1n) is 5.81. The summed E-state index contributed by atoms with van der Waals surface area (Å²) in [6.07, 6.45) is 3.78. The smallest absolute Gasteiger partial charge is 0.0622 e. The van der Waals surface area contributed by atoms with E-state index in [-0.39, 0.29) is 5.60 Å². The van der Waals surface area contributed by atoms with Crippen molar-refractivity contribution in [2.45, 2.75) is 45.6 Å². The lowest BCUT2D eigenvalue weighted by molar-refractivity contribution is 0.00753. The van der Waals surface area contributed by atoms with Gasteiger partial charge in [-0.2, -0.15) is 0 Å². The van der Waals surface area contributed by atoms with E-state index in [4.69, 9.17) is 4.74 Å². The molecule has 14 heavy (non-hydrogen) atoms.